The van der Waals surface area contributed by atoms with Crippen LogP contribution in [0.25, 0.3) is 0 Å². The van der Waals surface area contributed by atoms with Gasteiger partial charge in [0.15, 0.2) is 11.6 Å². The van der Waals surface area contributed by atoms with Gasteiger partial charge < -0.3 is 15.2 Å². The largest absolute Gasteiger partial charge is 0.491 e. The maximum absolute atomic E-state index is 13.6. The van der Waals surface area contributed by atoms with Gasteiger partial charge >= 0.3 is 0 Å². The highest BCUT2D eigenvalue weighted by atomic mass is 19.1. The number of halogens is 1. The van der Waals surface area contributed by atoms with Gasteiger partial charge in [-0.2, -0.15) is 0 Å². The molecule has 3 nitrogen and oxygen atoms in total. The highest BCUT2D eigenvalue weighted by Gasteiger charge is 2.28. The van der Waals surface area contributed by atoms with Gasteiger partial charge in [-0.05, 0) is 38.0 Å². The molecule has 0 aliphatic heterocycles. The third-order valence-electron chi connectivity index (χ3n) is 3.94. The van der Waals surface area contributed by atoms with Crippen LogP contribution in [0.3, 0.4) is 0 Å². The van der Waals surface area contributed by atoms with E-state index in [2.05, 4.69) is 13.8 Å². The first-order chi connectivity index (χ1) is 9.41. The van der Waals surface area contributed by atoms with Crippen LogP contribution in [-0.4, -0.2) is 12.7 Å². The molecular weight excluding hydrogens is 257 g/mol. The third-order valence-corrected chi connectivity index (χ3v) is 3.94. The molecule has 1 aliphatic carbocycles. The quantitative estimate of drug-likeness (QED) is 0.843. The summed E-state index contributed by atoms with van der Waals surface area (Å²) in [6.07, 6.45) is 4.45. The monoisotopic (exact) mass is 281 g/mol. The van der Waals surface area contributed by atoms with E-state index in [4.69, 9.17) is 15.2 Å². The molecule has 0 amide bonds. The van der Waals surface area contributed by atoms with E-state index in [1.54, 1.807) is 6.07 Å². The minimum Gasteiger partial charge on any atom is -0.491 e. The molecule has 1 aromatic carbocycles. The molecule has 0 unspecified atom stereocenters. The number of rotatable bonds is 4. The van der Waals surface area contributed by atoms with E-state index in [0.717, 1.165) is 25.7 Å². The Labute approximate surface area is 120 Å². The highest BCUT2D eigenvalue weighted by molar-refractivity contribution is 5.56. The fourth-order valence-electron chi connectivity index (χ4n) is 2.59. The number of ether oxygens (including phenoxy) is 2. The Morgan fingerprint density at radius 1 is 1.25 bits per heavy atom. The predicted octanol–water partition coefficient (Wildman–Crippen LogP) is 4.15. The van der Waals surface area contributed by atoms with Gasteiger partial charge in [-0.25, -0.2) is 4.39 Å². The molecule has 0 radical (unpaired) electrons. The number of nitrogens with two attached hydrogens (primary N) is 1. The summed E-state index contributed by atoms with van der Waals surface area (Å²) in [5, 5.41) is 0. The van der Waals surface area contributed by atoms with Crippen LogP contribution in [0.1, 0.15) is 46.5 Å². The molecule has 0 heterocycles. The molecule has 1 fully saturated rings. The lowest BCUT2D eigenvalue weighted by atomic mass is 9.76. The van der Waals surface area contributed by atoms with Crippen molar-refractivity contribution in [2.24, 2.45) is 5.41 Å². The van der Waals surface area contributed by atoms with Crippen molar-refractivity contribution in [2.75, 3.05) is 12.3 Å². The third kappa shape index (κ3) is 3.56. The van der Waals surface area contributed by atoms with E-state index in [9.17, 15) is 4.39 Å². The van der Waals surface area contributed by atoms with Crippen LogP contribution in [0.2, 0.25) is 0 Å². The van der Waals surface area contributed by atoms with Crippen LogP contribution < -0.4 is 15.2 Å². The van der Waals surface area contributed by atoms with Crippen LogP contribution in [0, 0.1) is 11.2 Å². The standard InChI is InChI=1S/C16H24FNO2/c1-4-19-14-10-15(13(18)9-12(14)17)20-11-5-7-16(2,3)8-6-11/h9-11H,4-8,18H2,1-3H3. The molecule has 1 saturated carbocycles. The predicted molar refractivity (Wildman–Crippen MR) is 78.6 cm³/mol. The maximum atomic E-state index is 13.6. The van der Waals surface area contributed by atoms with Crippen LogP contribution in [0.4, 0.5) is 10.1 Å². The molecule has 0 saturated heterocycles. The minimum absolute atomic E-state index is 0.158. The summed E-state index contributed by atoms with van der Waals surface area (Å²) >= 11 is 0. The second-order valence-electron chi connectivity index (χ2n) is 6.23. The molecule has 2 N–H and O–H groups in total. The van der Waals surface area contributed by atoms with Crippen LogP contribution >= 0.6 is 0 Å². The maximum Gasteiger partial charge on any atom is 0.167 e. The second kappa shape index (κ2) is 5.90. The summed E-state index contributed by atoms with van der Waals surface area (Å²) in [4.78, 5) is 0. The number of hydrogen-bond acceptors (Lipinski definition) is 3. The summed E-state index contributed by atoms with van der Waals surface area (Å²) in [5.74, 6) is 0.286. The van der Waals surface area contributed by atoms with Crippen molar-refractivity contribution in [2.45, 2.75) is 52.6 Å². The Balaban J connectivity index is 2.07. The molecule has 1 aliphatic rings. The van der Waals surface area contributed by atoms with E-state index < -0.39 is 5.82 Å². The normalized spacial score (nSPS) is 18.8. The minimum atomic E-state index is -0.443. The first-order valence-electron chi connectivity index (χ1n) is 7.30. The Bertz CT molecular complexity index is 464. The zero-order valence-corrected chi connectivity index (χ0v) is 12.5. The molecule has 0 atom stereocenters. The van der Waals surface area contributed by atoms with Crippen LogP contribution in [-0.2, 0) is 0 Å². The molecule has 20 heavy (non-hydrogen) atoms. The second-order valence-corrected chi connectivity index (χ2v) is 6.23. The van der Waals surface area contributed by atoms with Gasteiger partial charge in [0.05, 0.1) is 18.4 Å². The van der Waals surface area contributed by atoms with Crippen molar-refractivity contribution in [3.8, 4) is 11.5 Å². The summed E-state index contributed by atoms with van der Waals surface area (Å²) in [7, 11) is 0. The molecule has 0 aromatic heterocycles. The molecule has 1 aromatic rings. The molecule has 0 bridgehead atoms. The summed E-state index contributed by atoms with van der Waals surface area (Å²) < 4.78 is 24.8. The average Bonchev–Trinajstić information content (AvgIpc) is 2.37. The van der Waals surface area contributed by atoms with E-state index in [1.165, 1.54) is 6.07 Å². The first-order valence-corrected chi connectivity index (χ1v) is 7.30. The first kappa shape index (κ1) is 14.9. The fourth-order valence-corrected chi connectivity index (χ4v) is 2.59. The molecule has 2 rings (SSSR count). The summed E-state index contributed by atoms with van der Waals surface area (Å²) in [5.41, 5.74) is 6.56. The van der Waals surface area contributed by atoms with Gasteiger partial charge in [0, 0.05) is 12.1 Å². The van der Waals surface area contributed by atoms with Gasteiger partial charge in [0.1, 0.15) is 5.75 Å². The molecular formula is C16H24FNO2. The zero-order valence-electron chi connectivity index (χ0n) is 12.5. The Morgan fingerprint density at radius 3 is 2.50 bits per heavy atom. The van der Waals surface area contributed by atoms with Crippen molar-refractivity contribution in [1.29, 1.82) is 0 Å². The topological polar surface area (TPSA) is 44.5 Å². The van der Waals surface area contributed by atoms with E-state index in [0.29, 0.717) is 23.5 Å². The van der Waals surface area contributed by atoms with Crippen LogP contribution in [0.15, 0.2) is 12.1 Å². The zero-order chi connectivity index (χ0) is 14.8. The highest BCUT2D eigenvalue weighted by Crippen LogP contribution is 2.38. The lowest BCUT2D eigenvalue weighted by Gasteiger charge is -2.34. The smallest absolute Gasteiger partial charge is 0.167 e. The van der Waals surface area contributed by atoms with Crippen molar-refractivity contribution in [3.63, 3.8) is 0 Å². The van der Waals surface area contributed by atoms with Crippen molar-refractivity contribution >= 4 is 5.69 Å². The van der Waals surface area contributed by atoms with Gasteiger partial charge in [-0.3, -0.25) is 0 Å². The average molecular weight is 281 g/mol. The molecule has 112 valence electrons. The number of anilines is 1. The lowest BCUT2D eigenvalue weighted by Crippen LogP contribution is -2.28. The summed E-state index contributed by atoms with van der Waals surface area (Å²) in [6.45, 7) is 6.79. The SMILES string of the molecule is CCOc1cc(OC2CCC(C)(C)CC2)c(N)cc1F. The number of hydrogen-bond donors (Lipinski definition) is 1. The number of benzene rings is 1. The van der Waals surface area contributed by atoms with Gasteiger partial charge in [0.25, 0.3) is 0 Å². The Hall–Kier alpha value is -1.45. The van der Waals surface area contributed by atoms with E-state index in [1.807, 2.05) is 6.92 Å². The van der Waals surface area contributed by atoms with Gasteiger partial charge in [0.2, 0.25) is 0 Å². The van der Waals surface area contributed by atoms with Crippen LogP contribution in [0.5, 0.6) is 11.5 Å². The lowest BCUT2D eigenvalue weighted by molar-refractivity contribution is 0.0990. The van der Waals surface area contributed by atoms with Gasteiger partial charge in [-0.1, -0.05) is 13.8 Å². The molecule has 4 heteroatoms. The fraction of sp³-hybridized carbons (Fsp3) is 0.625. The van der Waals surface area contributed by atoms with E-state index >= 15 is 0 Å². The van der Waals surface area contributed by atoms with Gasteiger partial charge in [-0.15, -0.1) is 0 Å². The molecule has 0 spiro atoms. The Morgan fingerprint density at radius 2 is 1.90 bits per heavy atom. The van der Waals surface area contributed by atoms with E-state index in [-0.39, 0.29) is 11.9 Å². The van der Waals surface area contributed by atoms with Crippen molar-refractivity contribution in [1.82, 2.24) is 0 Å². The Kier molecular flexibility index (Phi) is 4.41. The van der Waals surface area contributed by atoms with Crippen molar-refractivity contribution in [3.05, 3.63) is 17.9 Å². The number of nitrogen functional groups attached to an aromatic ring is 1. The van der Waals surface area contributed by atoms with Crippen molar-refractivity contribution < 1.29 is 13.9 Å². The summed E-state index contributed by atoms with van der Waals surface area (Å²) in [6, 6.07) is 2.83.